The summed E-state index contributed by atoms with van der Waals surface area (Å²) in [6, 6.07) is 21.7. The van der Waals surface area contributed by atoms with Gasteiger partial charge in [0.15, 0.2) is 5.78 Å². The van der Waals surface area contributed by atoms with Crippen LogP contribution in [0.1, 0.15) is 22.3 Å². The number of ketones is 1. The summed E-state index contributed by atoms with van der Waals surface area (Å²) in [6.45, 7) is 0. The molecular formula is C19H17NO. The molecule has 0 aromatic heterocycles. The van der Waals surface area contributed by atoms with Crippen LogP contribution in [0.3, 0.4) is 0 Å². The van der Waals surface area contributed by atoms with Gasteiger partial charge in [0.25, 0.3) is 0 Å². The van der Waals surface area contributed by atoms with E-state index in [2.05, 4.69) is 6.07 Å². The molecule has 0 spiro atoms. The largest absolute Gasteiger partial charge is 0.399 e. The van der Waals surface area contributed by atoms with E-state index in [0.717, 1.165) is 34.0 Å². The minimum atomic E-state index is 0.178. The van der Waals surface area contributed by atoms with Crippen molar-refractivity contribution in [3.05, 3.63) is 77.9 Å². The molecule has 0 unspecified atom stereocenters. The monoisotopic (exact) mass is 275 g/mol. The van der Waals surface area contributed by atoms with Crippen molar-refractivity contribution in [2.45, 2.75) is 12.8 Å². The van der Waals surface area contributed by atoms with E-state index in [4.69, 9.17) is 5.73 Å². The molecule has 2 heteroatoms. The molecule has 0 fully saturated rings. The van der Waals surface area contributed by atoms with E-state index in [1.807, 2.05) is 60.7 Å². The quantitative estimate of drug-likeness (QED) is 0.571. The Balaban J connectivity index is 1.73. The van der Waals surface area contributed by atoms with E-state index in [9.17, 15) is 4.79 Å². The molecule has 104 valence electrons. The number of anilines is 1. The molecule has 0 aliphatic rings. The Kier molecular flexibility index (Phi) is 3.69. The Morgan fingerprint density at radius 1 is 0.857 bits per heavy atom. The fourth-order valence-corrected chi connectivity index (χ4v) is 2.45. The zero-order valence-electron chi connectivity index (χ0n) is 11.8. The van der Waals surface area contributed by atoms with Gasteiger partial charge in [0, 0.05) is 17.7 Å². The third kappa shape index (κ3) is 3.11. The van der Waals surface area contributed by atoms with Gasteiger partial charge in [-0.1, -0.05) is 48.5 Å². The summed E-state index contributed by atoms with van der Waals surface area (Å²) in [7, 11) is 0. The third-order valence-corrected chi connectivity index (χ3v) is 3.69. The summed E-state index contributed by atoms with van der Waals surface area (Å²) < 4.78 is 0. The number of rotatable bonds is 4. The summed E-state index contributed by atoms with van der Waals surface area (Å²) >= 11 is 0. The van der Waals surface area contributed by atoms with Gasteiger partial charge in [0.05, 0.1) is 0 Å². The molecule has 0 aliphatic heterocycles. The van der Waals surface area contributed by atoms with Crippen molar-refractivity contribution >= 4 is 22.2 Å². The van der Waals surface area contributed by atoms with Gasteiger partial charge in [0.2, 0.25) is 0 Å². The maximum absolute atomic E-state index is 12.3. The highest BCUT2D eigenvalue weighted by molar-refractivity contribution is 6.00. The zero-order valence-corrected chi connectivity index (χ0v) is 11.8. The SMILES string of the molecule is Nc1ccc(CCC(=O)c2ccc3ccccc3c2)cc1. The number of nitrogen functional groups attached to an aromatic ring is 1. The number of nitrogens with two attached hydrogens (primary N) is 1. The Morgan fingerprint density at radius 3 is 2.33 bits per heavy atom. The molecule has 2 N–H and O–H groups in total. The number of carbonyl (C=O) groups excluding carboxylic acids is 1. The van der Waals surface area contributed by atoms with E-state index < -0.39 is 0 Å². The molecule has 0 amide bonds. The molecule has 21 heavy (non-hydrogen) atoms. The van der Waals surface area contributed by atoms with Crippen molar-refractivity contribution < 1.29 is 4.79 Å². The van der Waals surface area contributed by atoms with Crippen molar-refractivity contribution in [3.8, 4) is 0 Å². The van der Waals surface area contributed by atoms with E-state index in [1.165, 1.54) is 0 Å². The van der Waals surface area contributed by atoms with E-state index >= 15 is 0 Å². The molecule has 0 saturated carbocycles. The van der Waals surface area contributed by atoms with Gasteiger partial charge < -0.3 is 5.73 Å². The Labute approximate surface area is 124 Å². The van der Waals surface area contributed by atoms with Crippen molar-refractivity contribution in [3.63, 3.8) is 0 Å². The molecular weight excluding hydrogens is 258 g/mol. The average Bonchev–Trinajstić information content (AvgIpc) is 2.53. The second-order valence-electron chi connectivity index (χ2n) is 5.23. The standard InChI is InChI=1S/C19H17NO/c20-18-10-5-14(6-11-18)7-12-19(21)17-9-8-15-3-1-2-4-16(15)13-17/h1-6,8-11,13H,7,12,20H2. The highest BCUT2D eigenvalue weighted by Crippen LogP contribution is 2.17. The molecule has 0 bridgehead atoms. The first-order valence-corrected chi connectivity index (χ1v) is 7.09. The van der Waals surface area contributed by atoms with Crippen LogP contribution in [0.5, 0.6) is 0 Å². The summed E-state index contributed by atoms with van der Waals surface area (Å²) in [6.07, 6.45) is 1.26. The normalized spacial score (nSPS) is 10.7. The van der Waals surface area contributed by atoms with Crippen LogP contribution in [0, 0.1) is 0 Å². The maximum Gasteiger partial charge on any atom is 0.163 e. The second kappa shape index (κ2) is 5.80. The van der Waals surface area contributed by atoms with Crippen LogP contribution in [0.2, 0.25) is 0 Å². The predicted octanol–water partition coefficient (Wildman–Crippen LogP) is 4.24. The van der Waals surface area contributed by atoms with E-state index in [1.54, 1.807) is 0 Å². The number of carbonyl (C=O) groups is 1. The summed E-state index contributed by atoms with van der Waals surface area (Å²) in [4.78, 5) is 12.3. The molecule has 0 heterocycles. The third-order valence-electron chi connectivity index (χ3n) is 3.69. The number of fused-ring (bicyclic) bond motifs is 1. The minimum Gasteiger partial charge on any atom is -0.399 e. The lowest BCUT2D eigenvalue weighted by Crippen LogP contribution is -2.01. The van der Waals surface area contributed by atoms with Gasteiger partial charge >= 0.3 is 0 Å². The van der Waals surface area contributed by atoms with Gasteiger partial charge in [-0.2, -0.15) is 0 Å². The first-order valence-electron chi connectivity index (χ1n) is 7.09. The first kappa shape index (κ1) is 13.4. The number of hydrogen-bond acceptors (Lipinski definition) is 2. The van der Waals surface area contributed by atoms with Crippen molar-refractivity contribution in [2.24, 2.45) is 0 Å². The van der Waals surface area contributed by atoms with Gasteiger partial charge in [0.1, 0.15) is 0 Å². The lowest BCUT2D eigenvalue weighted by molar-refractivity contribution is 0.0983. The second-order valence-corrected chi connectivity index (χ2v) is 5.23. The number of hydrogen-bond donors (Lipinski definition) is 1. The lowest BCUT2D eigenvalue weighted by Gasteiger charge is -2.04. The van der Waals surface area contributed by atoms with Crippen LogP contribution in [-0.2, 0) is 6.42 Å². The topological polar surface area (TPSA) is 43.1 Å². The molecule has 0 saturated heterocycles. The molecule has 2 nitrogen and oxygen atoms in total. The van der Waals surface area contributed by atoms with Crippen LogP contribution in [-0.4, -0.2) is 5.78 Å². The molecule has 3 aromatic rings. The molecule has 3 aromatic carbocycles. The molecule has 0 radical (unpaired) electrons. The number of Topliss-reactive ketones (excluding diaryl/α,β-unsaturated/α-hetero) is 1. The van der Waals surface area contributed by atoms with E-state index in [-0.39, 0.29) is 5.78 Å². The fraction of sp³-hybridized carbons (Fsp3) is 0.105. The lowest BCUT2D eigenvalue weighted by atomic mass is 10.00. The predicted molar refractivity (Wildman–Crippen MR) is 87.5 cm³/mol. The Hall–Kier alpha value is -2.61. The van der Waals surface area contributed by atoms with Gasteiger partial charge in [-0.25, -0.2) is 0 Å². The smallest absolute Gasteiger partial charge is 0.163 e. The average molecular weight is 275 g/mol. The zero-order chi connectivity index (χ0) is 14.7. The van der Waals surface area contributed by atoms with Crippen LogP contribution in [0.25, 0.3) is 10.8 Å². The maximum atomic E-state index is 12.3. The summed E-state index contributed by atoms with van der Waals surface area (Å²) in [5.74, 6) is 0.178. The van der Waals surface area contributed by atoms with Crippen molar-refractivity contribution in [1.82, 2.24) is 0 Å². The van der Waals surface area contributed by atoms with Crippen LogP contribution in [0.4, 0.5) is 5.69 Å². The van der Waals surface area contributed by atoms with Gasteiger partial charge in [-0.05, 0) is 41.0 Å². The minimum absolute atomic E-state index is 0.178. The Bertz CT molecular complexity index is 775. The highest BCUT2D eigenvalue weighted by Gasteiger charge is 2.07. The van der Waals surface area contributed by atoms with Crippen LogP contribution >= 0.6 is 0 Å². The molecule has 3 rings (SSSR count). The first-order chi connectivity index (χ1) is 10.2. The summed E-state index contributed by atoms with van der Waals surface area (Å²) in [5.41, 5.74) is 8.33. The van der Waals surface area contributed by atoms with Gasteiger partial charge in [-0.3, -0.25) is 4.79 Å². The Morgan fingerprint density at radius 2 is 1.57 bits per heavy atom. The number of aryl methyl sites for hydroxylation is 1. The van der Waals surface area contributed by atoms with Crippen LogP contribution < -0.4 is 5.73 Å². The summed E-state index contributed by atoms with van der Waals surface area (Å²) in [5, 5.41) is 2.27. The number of benzene rings is 3. The van der Waals surface area contributed by atoms with Crippen LogP contribution in [0.15, 0.2) is 66.7 Å². The highest BCUT2D eigenvalue weighted by atomic mass is 16.1. The fourth-order valence-electron chi connectivity index (χ4n) is 2.45. The molecule has 0 aliphatic carbocycles. The molecule has 0 atom stereocenters. The van der Waals surface area contributed by atoms with Gasteiger partial charge in [-0.15, -0.1) is 0 Å². The van der Waals surface area contributed by atoms with E-state index in [0.29, 0.717) is 6.42 Å². The van der Waals surface area contributed by atoms with Crippen molar-refractivity contribution in [2.75, 3.05) is 5.73 Å². The van der Waals surface area contributed by atoms with Crippen molar-refractivity contribution in [1.29, 1.82) is 0 Å².